The van der Waals surface area contributed by atoms with Gasteiger partial charge in [0.05, 0.1) is 31.2 Å². The van der Waals surface area contributed by atoms with Gasteiger partial charge in [0.2, 0.25) is 5.88 Å². The zero-order valence-corrected chi connectivity index (χ0v) is 23.8. The predicted octanol–water partition coefficient (Wildman–Crippen LogP) is 5.36. The van der Waals surface area contributed by atoms with E-state index in [2.05, 4.69) is 14.8 Å². The molecule has 1 atom stereocenters. The summed E-state index contributed by atoms with van der Waals surface area (Å²) in [5, 5.41) is 1.78. The van der Waals surface area contributed by atoms with E-state index in [4.69, 9.17) is 23.9 Å². The second-order valence-corrected chi connectivity index (χ2v) is 11.1. The van der Waals surface area contributed by atoms with Crippen LogP contribution in [0.4, 0.5) is 14.5 Å². The molecule has 0 unspecified atom stereocenters. The van der Waals surface area contributed by atoms with E-state index in [-0.39, 0.29) is 24.2 Å². The van der Waals surface area contributed by atoms with Crippen molar-refractivity contribution in [3.63, 3.8) is 0 Å². The van der Waals surface area contributed by atoms with E-state index >= 15 is 0 Å². The van der Waals surface area contributed by atoms with Crippen molar-refractivity contribution in [3.05, 3.63) is 58.8 Å². The highest BCUT2D eigenvalue weighted by Crippen LogP contribution is 2.42. The van der Waals surface area contributed by atoms with Crippen LogP contribution in [-0.4, -0.2) is 67.7 Å². The average molecular weight is 567 g/mol. The molecule has 218 valence electrons. The van der Waals surface area contributed by atoms with Crippen LogP contribution in [0.15, 0.2) is 36.2 Å². The number of aryl methyl sites for hydroxylation is 1. The van der Waals surface area contributed by atoms with Crippen molar-refractivity contribution in [2.75, 3.05) is 52.2 Å². The van der Waals surface area contributed by atoms with Crippen molar-refractivity contribution in [1.29, 1.82) is 0 Å². The van der Waals surface area contributed by atoms with Crippen molar-refractivity contribution >= 4 is 16.5 Å². The maximum absolute atomic E-state index is 15.0. The molecule has 8 nitrogen and oxygen atoms in total. The molecule has 2 fully saturated rings. The lowest BCUT2D eigenvalue weighted by atomic mass is 9.94. The van der Waals surface area contributed by atoms with Crippen molar-refractivity contribution in [2.45, 2.75) is 51.1 Å². The second-order valence-electron chi connectivity index (χ2n) is 11.1. The zero-order valence-electron chi connectivity index (χ0n) is 23.8. The van der Waals surface area contributed by atoms with E-state index < -0.39 is 0 Å². The highest BCUT2D eigenvalue weighted by Gasteiger charge is 2.47. The van der Waals surface area contributed by atoms with Crippen molar-refractivity contribution in [1.82, 2.24) is 14.9 Å². The van der Waals surface area contributed by atoms with E-state index in [1.807, 2.05) is 19.1 Å². The van der Waals surface area contributed by atoms with E-state index in [0.717, 1.165) is 59.0 Å². The summed E-state index contributed by atoms with van der Waals surface area (Å²) in [6.45, 7) is 5.19. The lowest BCUT2D eigenvalue weighted by molar-refractivity contribution is 0.0512. The number of rotatable bonds is 9. The van der Waals surface area contributed by atoms with E-state index in [1.165, 1.54) is 6.07 Å². The van der Waals surface area contributed by atoms with Gasteiger partial charge >= 0.3 is 6.01 Å². The third kappa shape index (κ3) is 5.08. The van der Waals surface area contributed by atoms with Gasteiger partial charge in [-0.3, -0.25) is 4.90 Å². The molecule has 1 aromatic heterocycles. The van der Waals surface area contributed by atoms with Gasteiger partial charge < -0.3 is 23.8 Å². The average Bonchev–Trinajstić information content (AvgIpc) is 3.55. The minimum atomic E-state index is -0.224. The first kappa shape index (κ1) is 27.7. The molecule has 3 aliphatic rings. The Morgan fingerprint density at radius 2 is 1.98 bits per heavy atom. The molecule has 6 rings (SSSR count). The summed E-state index contributed by atoms with van der Waals surface area (Å²) in [5.74, 6) is 0.933. The van der Waals surface area contributed by atoms with Gasteiger partial charge in [-0.25, -0.2) is 8.78 Å². The van der Waals surface area contributed by atoms with Gasteiger partial charge in [0.1, 0.15) is 18.2 Å². The van der Waals surface area contributed by atoms with Crippen LogP contribution in [-0.2, 0) is 24.1 Å². The van der Waals surface area contributed by atoms with Gasteiger partial charge in [0, 0.05) is 42.9 Å². The maximum Gasteiger partial charge on any atom is 0.320 e. The summed E-state index contributed by atoms with van der Waals surface area (Å²) in [6.07, 6.45) is 4.62. The predicted molar refractivity (Wildman–Crippen MR) is 152 cm³/mol. The largest absolute Gasteiger partial charge is 0.481 e. The lowest BCUT2D eigenvalue weighted by Gasteiger charge is -2.33. The van der Waals surface area contributed by atoms with Crippen LogP contribution < -0.4 is 19.1 Å². The Balaban J connectivity index is 1.33. The highest BCUT2D eigenvalue weighted by atomic mass is 19.1. The fourth-order valence-electron chi connectivity index (χ4n) is 6.74. The van der Waals surface area contributed by atoms with Gasteiger partial charge in [0.25, 0.3) is 0 Å². The van der Waals surface area contributed by atoms with Gasteiger partial charge in [0.15, 0.2) is 6.79 Å². The summed E-state index contributed by atoms with van der Waals surface area (Å²) in [4.78, 5) is 13.9. The van der Waals surface area contributed by atoms with Crippen LogP contribution in [0.3, 0.4) is 0 Å². The number of anilines is 1. The number of fused-ring (bicyclic) bond motifs is 3. The van der Waals surface area contributed by atoms with Crippen LogP contribution in [0.5, 0.6) is 17.6 Å². The van der Waals surface area contributed by atoms with Crippen LogP contribution in [0.1, 0.15) is 43.0 Å². The summed E-state index contributed by atoms with van der Waals surface area (Å²) >= 11 is 0. The molecule has 2 aromatic carbocycles. The molecule has 0 saturated carbocycles. The normalized spacial score (nSPS) is 21.4. The van der Waals surface area contributed by atoms with Crippen LogP contribution in [0.25, 0.3) is 10.8 Å². The molecule has 0 aliphatic carbocycles. The highest BCUT2D eigenvalue weighted by molar-refractivity contribution is 5.98. The molecule has 0 radical (unpaired) electrons. The quantitative estimate of drug-likeness (QED) is 0.321. The van der Waals surface area contributed by atoms with Gasteiger partial charge in [-0.1, -0.05) is 13.0 Å². The SMILES string of the molecule is CCc1c(F)ccc2cc(OCOC)cc(N3CCc4c(nc(OC[C@@]56CCCN5C/C(=C\F)C6)nc4OC)C3)c12. The first-order valence-electron chi connectivity index (χ1n) is 14.2. The molecular weight excluding hydrogens is 530 g/mol. The van der Waals surface area contributed by atoms with E-state index in [0.29, 0.717) is 62.7 Å². The first-order chi connectivity index (χ1) is 20.0. The third-order valence-electron chi connectivity index (χ3n) is 8.67. The maximum atomic E-state index is 15.0. The molecule has 0 N–H and O–H groups in total. The minimum absolute atomic E-state index is 0.113. The van der Waals surface area contributed by atoms with Crippen molar-refractivity contribution in [2.24, 2.45) is 0 Å². The van der Waals surface area contributed by atoms with Crippen LogP contribution >= 0.6 is 0 Å². The molecule has 0 amide bonds. The summed E-state index contributed by atoms with van der Waals surface area (Å²) in [7, 11) is 3.18. The molecule has 10 heteroatoms. The number of nitrogens with zero attached hydrogens (tertiary/aromatic N) is 4. The van der Waals surface area contributed by atoms with Gasteiger partial charge in [-0.15, -0.1) is 0 Å². The number of hydrogen-bond acceptors (Lipinski definition) is 8. The van der Waals surface area contributed by atoms with Gasteiger partial charge in [-0.05, 0) is 67.3 Å². The molecular formula is C31H36F2N4O4. The smallest absolute Gasteiger partial charge is 0.320 e. The fourth-order valence-corrected chi connectivity index (χ4v) is 6.74. The molecule has 2 saturated heterocycles. The summed E-state index contributed by atoms with van der Waals surface area (Å²) < 4.78 is 51.1. The molecule has 0 spiro atoms. The monoisotopic (exact) mass is 566 g/mol. The Hall–Kier alpha value is -3.50. The van der Waals surface area contributed by atoms with E-state index in [1.54, 1.807) is 20.3 Å². The van der Waals surface area contributed by atoms with Gasteiger partial charge in [-0.2, -0.15) is 9.97 Å². The fraction of sp³-hybridized carbons (Fsp3) is 0.484. The Labute approximate surface area is 238 Å². The van der Waals surface area contributed by atoms with Crippen LogP contribution in [0, 0.1) is 5.82 Å². The number of ether oxygens (including phenoxy) is 4. The number of hydrogen-bond donors (Lipinski definition) is 0. The third-order valence-corrected chi connectivity index (χ3v) is 8.67. The number of halogens is 2. The second kappa shape index (κ2) is 11.4. The molecule has 0 bridgehead atoms. The molecule has 3 aromatic rings. The summed E-state index contributed by atoms with van der Waals surface area (Å²) in [6, 6.07) is 7.43. The lowest BCUT2D eigenvalue weighted by Crippen LogP contribution is -2.43. The summed E-state index contributed by atoms with van der Waals surface area (Å²) in [5.41, 5.74) is 3.88. The van der Waals surface area contributed by atoms with Crippen molar-refractivity contribution in [3.8, 4) is 17.6 Å². The number of aromatic nitrogens is 2. The Kier molecular flexibility index (Phi) is 7.70. The van der Waals surface area contributed by atoms with Crippen molar-refractivity contribution < 1.29 is 27.7 Å². The topological polar surface area (TPSA) is 69.2 Å². The first-order valence-corrected chi connectivity index (χ1v) is 14.2. The number of benzene rings is 2. The van der Waals surface area contributed by atoms with Crippen LogP contribution in [0.2, 0.25) is 0 Å². The standard InChI is InChI=1S/C31H36F2N4O4/c1-4-23-25(33)7-6-21-12-22(41-19-38-2)13-27(28(21)23)36-11-8-24-26(17-36)34-30(35-29(24)39-3)40-18-31-9-5-10-37(31)16-20(14-31)15-32/h6-7,12-13,15H,4-5,8-11,14,16-19H2,1-3H3/b20-15-/t31-/m0/s1. The molecule has 41 heavy (non-hydrogen) atoms. The van der Waals surface area contributed by atoms with E-state index in [9.17, 15) is 8.78 Å². The number of methoxy groups -OCH3 is 2. The minimum Gasteiger partial charge on any atom is -0.481 e. The Morgan fingerprint density at radius 1 is 1.10 bits per heavy atom. The zero-order chi connectivity index (χ0) is 28.6. The molecule has 3 aliphatic heterocycles. The molecule has 4 heterocycles. The Bertz CT molecular complexity index is 1480. The Morgan fingerprint density at radius 3 is 2.76 bits per heavy atom.